The first-order valence-corrected chi connectivity index (χ1v) is 25.5. The van der Waals surface area contributed by atoms with Crippen LogP contribution in [-0.4, -0.2) is 9.55 Å². The number of anilines is 4. The molecule has 7 aromatic carbocycles. The van der Waals surface area contributed by atoms with E-state index in [0.717, 1.165) is 61.5 Å². The molecule has 5 nitrogen and oxygen atoms in total. The zero-order valence-electron chi connectivity index (χ0n) is 45.1. The van der Waals surface area contributed by atoms with Crippen LogP contribution in [0.1, 0.15) is 130 Å². The first kappa shape index (κ1) is 51.5. The summed E-state index contributed by atoms with van der Waals surface area (Å²) in [7, 11) is 0. The van der Waals surface area contributed by atoms with E-state index in [9.17, 15) is 0 Å². The van der Waals surface area contributed by atoms with E-state index < -0.39 is 0 Å². The van der Waals surface area contributed by atoms with Gasteiger partial charge in [0.25, 0.3) is 0 Å². The molecule has 0 saturated carbocycles. The molecular weight excluding hydrogens is 1070 g/mol. The molecule has 0 N–H and O–H groups in total. The van der Waals surface area contributed by atoms with Crippen molar-refractivity contribution < 1.29 is 25.8 Å². The first-order chi connectivity index (χ1) is 33.9. The van der Waals surface area contributed by atoms with Gasteiger partial charge in [0.05, 0.1) is 0 Å². The van der Waals surface area contributed by atoms with Gasteiger partial charge in [0, 0.05) is 61.3 Å². The SMILES string of the molecule is CC(C)(C)c1cc(N2[CH-]N(c3[c-]c(Oc4[c-]c5c(cc4)c4cc(-c6ccccc6)ccc4n5-c4cc(C(C)(C)C)ccn4)cc(C(C)(C)c4ccccc4)c3)c3ccc(C(C)(C)C)cc32)cc(C(C)(C)C)c1.[Pt]. The third kappa shape index (κ3) is 10.0. The van der Waals surface area contributed by atoms with Gasteiger partial charge in [-0.2, -0.15) is 6.07 Å². The monoisotopic (exact) mass is 1140 g/mol. The third-order valence-corrected chi connectivity index (χ3v) is 14.6. The van der Waals surface area contributed by atoms with Crippen molar-refractivity contribution in [3.05, 3.63) is 210 Å². The molecule has 9 aromatic rings. The normalized spacial score (nSPS) is 13.4. The number of aromatic nitrogens is 2. The number of hydrogen-bond donors (Lipinski definition) is 0. The predicted octanol–water partition coefficient (Wildman–Crippen LogP) is 18.2. The largest absolute Gasteiger partial charge is 0.509 e. The molecule has 10 rings (SSSR count). The van der Waals surface area contributed by atoms with Gasteiger partial charge in [-0.25, -0.2) is 4.98 Å². The van der Waals surface area contributed by atoms with Gasteiger partial charge in [0.1, 0.15) is 5.82 Å². The predicted molar refractivity (Wildman–Crippen MR) is 303 cm³/mol. The molecule has 0 spiro atoms. The van der Waals surface area contributed by atoms with Crippen LogP contribution in [0, 0.1) is 18.8 Å². The molecule has 0 radical (unpaired) electrons. The number of nitrogens with zero attached hydrogens (tertiary/aromatic N) is 4. The van der Waals surface area contributed by atoms with Crippen LogP contribution in [0.4, 0.5) is 22.7 Å². The minimum absolute atomic E-state index is 0. The van der Waals surface area contributed by atoms with E-state index in [-0.39, 0.29) is 48.1 Å². The van der Waals surface area contributed by atoms with Crippen LogP contribution in [0.25, 0.3) is 38.8 Å². The summed E-state index contributed by atoms with van der Waals surface area (Å²) in [5, 5.41) is 2.20. The van der Waals surface area contributed by atoms with E-state index in [2.05, 4.69) is 276 Å². The Morgan fingerprint density at radius 2 is 1.08 bits per heavy atom. The first-order valence-electron chi connectivity index (χ1n) is 25.5. The minimum Gasteiger partial charge on any atom is -0.509 e. The van der Waals surface area contributed by atoms with E-state index in [1.807, 2.05) is 12.3 Å². The number of ether oxygens (including phenoxy) is 1. The van der Waals surface area contributed by atoms with Crippen molar-refractivity contribution in [2.24, 2.45) is 0 Å². The minimum atomic E-state index is -0.384. The fraction of sp³-hybridized carbons (Fsp3) is 0.284. The zero-order chi connectivity index (χ0) is 51.1. The third-order valence-electron chi connectivity index (χ3n) is 14.6. The summed E-state index contributed by atoms with van der Waals surface area (Å²) < 4.78 is 9.32. The van der Waals surface area contributed by atoms with E-state index >= 15 is 0 Å². The van der Waals surface area contributed by atoms with Gasteiger partial charge in [-0.3, -0.25) is 0 Å². The molecule has 0 bridgehead atoms. The fourth-order valence-corrected chi connectivity index (χ4v) is 9.89. The number of hydrogen-bond acceptors (Lipinski definition) is 4. The van der Waals surface area contributed by atoms with Crippen molar-refractivity contribution in [1.29, 1.82) is 0 Å². The van der Waals surface area contributed by atoms with Gasteiger partial charge in [0.2, 0.25) is 0 Å². The Labute approximate surface area is 449 Å². The maximum atomic E-state index is 7.09. The molecule has 1 aliphatic heterocycles. The molecule has 376 valence electrons. The molecule has 73 heavy (non-hydrogen) atoms. The Morgan fingerprint density at radius 3 is 1.73 bits per heavy atom. The van der Waals surface area contributed by atoms with E-state index in [0.29, 0.717) is 11.5 Å². The Kier molecular flexibility index (Phi) is 13.3. The number of fused-ring (bicyclic) bond motifs is 4. The molecule has 0 atom stereocenters. The number of pyridine rings is 1. The van der Waals surface area contributed by atoms with Crippen LogP contribution >= 0.6 is 0 Å². The van der Waals surface area contributed by atoms with Gasteiger partial charge < -0.3 is 19.1 Å². The summed E-state index contributed by atoms with van der Waals surface area (Å²) in [6.07, 6.45) is 1.92. The molecule has 1 aliphatic rings. The van der Waals surface area contributed by atoms with Gasteiger partial charge in [-0.15, -0.1) is 53.6 Å². The van der Waals surface area contributed by atoms with Crippen LogP contribution in [0.2, 0.25) is 0 Å². The standard InChI is InChI=1S/C67H69N4O.Pt/c1-63(2,3)47-26-30-59-61(39-47)70(52-35-49(65(7,8)9)34-50(36-52)66(10,11)12)43-69(59)53-37-51(67(13,14)46-23-19-16-20-24-46)38-55(41-53)72-54-27-28-56-57-33-45(44-21-17-15-18-22-44)25-29-58(57)71(60(56)42-54)62-40-48(31-32-68-62)64(4,5)6;/h15-40,43H,1-14H3;/q-3;. The maximum absolute atomic E-state index is 7.09. The molecule has 0 aliphatic carbocycles. The molecule has 3 heterocycles. The van der Waals surface area contributed by atoms with Crippen molar-refractivity contribution in [3.8, 4) is 28.4 Å². The van der Waals surface area contributed by atoms with Crippen LogP contribution in [-0.2, 0) is 48.1 Å². The van der Waals surface area contributed by atoms with Crippen LogP contribution in [0.5, 0.6) is 11.5 Å². The second kappa shape index (κ2) is 18.8. The van der Waals surface area contributed by atoms with Crippen molar-refractivity contribution >= 4 is 44.6 Å². The van der Waals surface area contributed by atoms with Crippen molar-refractivity contribution in [1.82, 2.24) is 9.55 Å². The van der Waals surface area contributed by atoms with Gasteiger partial charge in [0.15, 0.2) is 0 Å². The summed E-state index contributed by atoms with van der Waals surface area (Å²) in [6, 6.07) is 62.7. The van der Waals surface area contributed by atoms with E-state index in [1.54, 1.807) is 0 Å². The molecule has 0 saturated heterocycles. The van der Waals surface area contributed by atoms with E-state index in [4.69, 9.17) is 9.72 Å². The Balaban J connectivity index is 0.00000656. The van der Waals surface area contributed by atoms with Crippen LogP contribution in [0.15, 0.2) is 158 Å². The average molecular weight is 1140 g/mol. The Morgan fingerprint density at radius 1 is 0.452 bits per heavy atom. The number of rotatable bonds is 8. The molecular formula is C67H69N4OPt-3. The molecule has 2 aromatic heterocycles. The fourth-order valence-electron chi connectivity index (χ4n) is 9.89. The van der Waals surface area contributed by atoms with Crippen LogP contribution < -0.4 is 14.5 Å². The Bertz CT molecular complexity index is 3460. The maximum Gasteiger partial charge on any atom is 0.135 e. The molecule has 0 fully saturated rings. The summed E-state index contributed by atoms with van der Waals surface area (Å²) >= 11 is 0. The average Bonchev–Trinajstić information content (AvgIpc) is 3.88. The molecule has 0 amide bonds. The molecule has 0 unspecified atom stereocenters. The van der Waals surface area contributed by atoms with E-state index in [1.165, 1.54) is 33.4 Å². The summed E-state index contributed by atoms with van der Waals surface area (Å²) in [5.41, 5.74) is 15.3. The number of benzene rings is 7. The van der Waals surface area contributed by atoms with Crippen LogP contribution in [0.3, 0.4) is 0 Å². The molecule has 6 heteroatoms. The Hall–Kier alpha value is -6.42. The summed E-state index contributed by atoms with van der Waals surface area (Å²) in [6.45, 7) is 34.2. The smallest absolute Gasteiger partial charge is 0.135 e. The summed E-state index contributed by atoms with van der Waals surface area (Å²) in [5.74, 6) is 2.04. The van der Waals surface area contributed by atoms with Crippen molar-refractivity contribution in [3.63, 3.8) is 0 Å². The van der Waals surface area contributed by atoms with Gasteiger partial charge >= 0.3 is 0 Å². The second-order valence-electron chi connectivity index (χ2n) is 24.5. The quantitative estimate of drug-likeness (QED) is 0.142. The topological polar surface area (TPSA) is 33.5 Å². The second-order valence-corrected chi connectivity index (χ2v) is 24.5. The van der Waals surface area contributed by atoms with Gasteiger partial charge in [-0.1, -0.05) is 187 Å². The van der Waals surface area contributed by atoms with Crippen molar-refractivity contribution in [2.45, 2.75) is 124 Å². The zero-order valence-corrected chi connectivity index (χ0v) is 47.4. The summed E-state index contributed by atoms with van der Waals surface area (Å²) in [4.78, 5) is 9.67. The van der Waals surface area contributed by atoms with Crippen molar-refractivity contribution in [2.75, 3.05) is 9.80 Å². The van der Waals surface area contributed by atoms with Gasteiger partial charge in [-0.05, 0) is 114 Å².